The minimum atomic E-state index is 0.0470. The second kappa shape index (κ2) is 6.85. The SMILES string of the molecule is Cc1cc(C(=O)N2CCc3ccccc3C2)c2c(C)nn(-c3ccccc3)c2n1. The number of nitrogens with zero attached hydrogens (tertiary/aromatic N) is 4. The van der Waals surface area contributed by atoms with Crippen LogP contribution in [-0.2, 0) is 13.0 Å². The van der Waals surface area contributed by atoms with Crippen molar-refractivity contribution in [1.29, 1.82) is 0 Å². The molecule has 0 saturated heterocycles. The average molecular weight is 382 g/mol. The number of aryl methyl sites for hydroxylation is 2. The van der Waals surface area contributed by atoms with E-state index in [9.17, 15) is 4.79 Å². The number of amides is 1. The highest BCUT2D eigenvalue weighted by atomic mass is 16.2. The van der Waals surface area contributed by atoms with Crippen molar-refractivity contribution in [3.05, 3.63) is 88.7 Å². The molecule has 5 heteroatoms. The van der Waals surface area contributed by atoms with Crippen LogP contribution in [0.3, 0.4) is 0 Å². The van der Waals surface area contributed by atoms with E-state index >= 15 is 0 Å². The predicted octanol–water partition coefficient (Wildman–Crippen LogP) is 4.24. The number of hydrogen-bond donors (Lipinski definition) is 0. The Hall–Kier alpha value is -3.47. The van der Waals surface area contributed by atoms with Crippen molar-refractivity contribution in [2.75, 3.05) is 6.54 Å². The maximum atomic E-state index is 13.5. The molecule has 29 heavy (non-hydrogen) atoms. The molecule has 2 aromatic heterocycles. The fourth-order valence-corrected chi connectivity index (χ4v) is 4.17. The first-order chi connectivity index (χ1) is 14.1. The van der Waals surface area contributed by atoms with Gasteiger partial charge < -0.3 is 4.90 Å². The van der Waals surface area contributed by atoms with Crippen molar-refractivity contribution in [3.8, 4) is 5.69 Å². The summed E-state index contributed by atoms with van der Waals surface area (Å²) in [5.41, 5.74) is 6.55. The van der Waals surface area contributed by atoms with Crippen LogP contribution >= 0.6 is 0 Å². The van der Waals surface area contributed by atoms with Crippen LogP contribution in [0.4, 0.5) is 0 Å². The Morgan fingerprint density at radius 1 is 0.966 bits per heavy atom. The molecule has 5 nitrogen and oxygen atoms in total. The van der Waals surface area contributed by atoms with Gasteiger partial charge in [-0.3, -0.25) is 4.79 Å². The lowest BCUT2D eigenvalue weighted by molar-refractivity contribution is 0.0736. The molecule has 0 bridgehead atoms. The van der Waals surface area contributed by atoms with Crippen molar-refractivity contribution < 1.29 is 4.79 Å². The number of fused-ring (bicyclic) bond motifs is 2. The number of hydrogen-bond acceptors (Lipinski definition) is 3. The van der Waals surface area contributed by atoms with Gasteiger partial charge in [0, 0.05) is 18.8 Å². The van der Waals surface area contributed by atoms with Crippen molar-refractivity contribution in [3.63, 3.8) is 0 Å². The maximum absolute atomic E-state index is 13.5. The van der Waals surface area contributed by atoms with Gasteiger partial charge in [0.25, 0.3) is 5.91 Å². The van der Waals surface area contributed by atoms with E-state index in [1.54, 1.807) is 0 Å². The Morgan fingerprint density at radius 3 is 2.48 bits per heavy atom. The van der Waals surface area contributed by atoms with E-state index in [2.05, 4.69) is 18.2 Å². The molecule has 1 aliphatic rings. The third-order valence-corrected chi connectivity index (χ3v) is 5.59. The molecule has 4 aromatic rings. The number of benzene rings is 2. The van der Waals surface area contributed by atoms with Crippen molar-refractivity contribution >= 4 is 16.9 Å². The molecule has 2 aromatic carbocycles. The summed E-state index contributed by atoms with van der Waals surface area (Å²) >= 11 is 0. The summed E-state index contributed by atoms with van der Waals surface area (Å²) in [6.07, 6.45) is 0.886. The van der Waals surface area contributed by atoms with Crippen LogP contribution < -0.4 is 0 Å². The average Bonchev–Trinajstić information content (AvgIpc) is 3.09. The Labute approximate surface area is 169 Å². The first-order valence-electron chi connectivity index (χ1n) is 9.90. The van der Waals surface area contributed by atoms with Crippen molar-refractivity contribution in [2.45, 2.75) is 26.8 Å². The van der Waals surface area contributed by atoms with Gasteiger partial charge >= 0.3 is 0 Å². The molecule has 0 atom stereocenters. The summed E-state index contributed by atoms with van der Waals surface area (Å²) < 4.78 is 1.83. The molecule has 0 fully saturated rings. The van der Waals surface area contributed by atoms with E-state index in [1.807, 2.05) is 65.9 Å². The minimum Gasteiger partial charge on any atom is -0.334 e. The molecule has 1 amide bonds. The normalized spacial score (nSPS) is 13.5. The number of rotatable bonds is 2. The molecule has 0 saturated carbocycles. The van der Waals surface area contributed by atoms with Gasteiger partial charge in [-0.1, -0.05) is 42.5 Å². The third kappa shape index (κ3) is 2.99. The van der Waals surface area contributed by atoms with Gasteiger partial charge in [0.2, 0.25) is 0 Å². The van der Waals surface area contributed by atoms with Gasteiger partial charge in [0.1, 0.15) is 0 Å². The van der Waals surface area contributed by atoms with Crippen LogP contribution in [-0.4, -0.2) is 32.1 Å². The third-order valence-electron chi connectivity index (χ3n) is 5.59. The highest BCUT2D eigenvalue weighted by molar-refractivity contribution is 6.06. The fraction of sp³-hybridized carbons (Fsp3) is 0.208. The van der Waals surface area contributed by atoms with E-state index in [4.69, 9.17) is 10.1 Å². The largest absolute Gasteiger partial charge is 0.334 e. The Kier molecular flexibility index (Phi) is 4.16. The van der Waals surface area contributed by atoms with Gasteiger partial charge in [-0.2, -0.15) is 5.10 Å². The fourth-order valence-electron chi connectivity index (χ4n) is 4.17. The number of carbonyl (C=O) groups excluding carboxylic acids is 1. The zero-order valence-corrected chi connectivity index (χ0v) is 16.6. The summed E-state index contributed by atoms with van der Waals surface area (Å²) in [4.78, 5) is 20.2. The highest BCUT2D eigenvalue weighted by Gasteiger charge is 2.26. The van der Waals surface area contributed by atoms with E-state index in [1.165, 1.54) is 11.1 Å². The summed E-state index contributed by atoms with van der Waals surface area (Å²) in [6, 6.07) is 20.2. The summed E-state index contributed by atoms with van der Waals surface area (Å²) in [5, 5.41) is 5.55. The van der Waals surface area contributed by atoms with E-state index in [0.29, 0.717) is 12.1 Å². The first kappa shape index (κ1) is 17.6. The number of carbonyl (C=O) groups is 1. The van der Waals surface area contributed by atoms with Gasteiger partial charge in [-0.15, -0.1) is 0 Å². The molecular formula is C24H22N4O. The molecule has 144 valence electrons. The van der Waals surface area contributed by atoms with E-state index < -0.39 is 0 Å². The topological polar surface area (TPSA) is 51.0 Å². The zero-order valence-electron chi connectivity index (χ0n) is 16.6. The van der Waals surface area contributed by atoms with Crippen LogP contribution in [0.1, 0.15) is 32.9 Å². The zero-order chi connectivity index (χ0) is 20.0. The molecule has 0 unspecified atom stereocenters. The highest BCUT2D eigenvalue weighted by Crippen LogP contribution is 2.27. The Morgan fingerprint density at radius 2 is 1.69 bits per heavy atom. The molecule has 0 radical (unpaired) electrons. The van der Waals surface area contributed by atoms with Crippen LogP contribution in [0.5, 0.6) is 0 Å². The molecule has 0 spiro atoms. The number of pyridine rings is 1. The second-order valence-corrected chi connectivity index (χ2v) is 7.59. The molecule has 0 N–H and O–H groups in total. The quantitative estimate of drug-likeness (QED) is 0.521. The summed E-state index contributed by atoms with van der Waals surface area (Å²) in [6.45, 7) is 5.24. The van der Waals surface area contributed by atoms with Crippen LogP contribution in [0.25, 0.3) is 16.7 Å². The van der Waals surface area contributed by atoms with Gasteiger partial charge in [0.05, 0.1) is 22.3 Å². The minimum absolute atomic E-state index is 0.0470. The summed E-state index contributed by atoms with van der Waals surface area (Å²) in [7, 11) is 0. The van der Waals surface area contributed by atoms with Gasteiger partial charge in [0.15, 0.2) is 5.65 Å². The lowest BCUT2D eigenvalue weighted by atomic mass is 9.99. The van der Waals surface area contributed by atoms with Crippen LogP contribution in [0, 0.1) is 13.8 Å². The Balaban J connectivity index is 1.61. The molecule has 3 heterocycles. The Bertz CT molecular complexity index is 1230. The van der Waals surface area contributed by atoms with Crippen LogP contribution in [0.15, 0.2) is 60.7 Å². The van der Waals surface area contributed by atoms with Crippen molar-refractivity contribution in [1.82, 2.24) is 19.7 Å². The number of para-hydroxylation sites is 1. The molecule has 0 aliphatic carbocycles. The van der Waals surface area contributed by atoms with Gasteiger partial charge in [-0.25, -0.2) is 9.67 Å². The summed E-state index contributed by atoms with van der Waals surface area (Å²) in [5.74, 6) is 0.0470. The predicted molar refractivity (Wildman–Crippen MR) is 113 cm³/mol. The monoisotopic (exact) mass is 382 g/mol. The number of aromatic nitrogens is 3. The van der Waals surface area contributed by atoms with Crippen molar-refractivity contribution in [2.24, 2.45) is 0 Å². The smallest absolute Gasteiger partial charge is 0.255 e. The van der Waals surface area contributed by atoms with Gasteiger partial charge in [-0.05, 0) is 49.6 Å². The standard InChI is InChI=1S/C24H22N4O/c1-16-14-21(24(29)27-13-12-18-8-6-7-9-19(18)15-27)22-17(2)26-28(23(22)25-16)20-10-4-3-5-11-20/h3-11,14H,12-13,15H2,1-2H3. The molecule has 1 aliphatic heterocycles. The lowest BCUT2D eigenvalue weighted by Crippen LogP contribution is -2.36. The van der Waals surface area contributed by atoms with E-state index in [0.717, 1.165) is 41.1 Å². The first-order valence-corrected chi connectivity index (χ1v) is 9.90. The second-order valence-electron chi connectivity index (χ2n) is 7.59. The van der Waals surface area contributed by atoms with Crippen LogP contribution in [0.2, 0.25) is 0 Å². The maximum Gasteiger partial charge on any atom is 0.255 e. The molecule has 5 rings (SSSR count). The molecular weight excluding hydrogens is 360 g/mol. The lowest BCUT2D eigenvalue weighted by Gasteiger charge is -2.29. The van der Waals surface area contributed by atoms with E-state index in [-0.39, 0.29) is 5.91 Å².